The van der Waals surface area contributed by atoms with Gasteiger partial charge in [0.1, 0.15) is 11.6 Å². The van der Waals surface area contributed by atoms with Crippen molar-refractivity contribution in [3.63, 3.8) is 0 Å². The lowest BCUT2D eigenvalue weighted by Crippen LogP contribution is -2.20. The van der Waals surface area contributed by atoms with Gasteiger partial charge >= 0.3 is 0 Å². The first-order chi connectivity index (χ1) is 9.17. The van der Waals surface area contributed by atoms with Gasteiger partial charge in [0, 0.05) is 24.0 Å². The van der Waals surface area contributed by atoms with E-state index < -0.39 is 0 Å². The van der Waals surface area contributed by atoms with E-state index in [1.807, 2.05) is 13.0 Å². The van der Waals surface area contributed by atoms with Gasteiger partial charge in [-0.3, -0.25) is 4.98 Å². The van der Waals surface area contributed by atoms with Crippen LogP contribution in [0.1, 0.15) is 22.7 Å². The molecule has 0 amide bonds. The fourth-order valence-electron chi connectivity index (χ4n) is 2.13. The summed E-state index contributed by atoms with van der Waals surface area (Å²) < 4.78 is 19.2. The average Bonchev–Trinajstić information content (AvgIpc) is 2.43. The first kappa shape index (κ1) is 13.5. The van der Waals surface area contributed by atoms with E-state index in [2.05, 4.69) is 10.3 Å². The largest absolute Gasteiger partial charge is 0.497 e. The Morgan fingerprint density at radius 1 is 1.26 bits per heavy atom. The van der Waals surface area contributed by atoms with Gasteiger partial charge in [0.05, 0.1) is 13.2 Å². The molecule has 0 radical (unpaired) electrons. The summed E-state index contributed by atoms with van der Waals surface area (Å²) in [6.07, 6.45) is 3.50. The minimum atomic E-state index is -0.290. The minimum Gasteiger partial charge on any atom is -0.497 e. The number of benzene rings is 1. The van der Waals surface area contributed by atoms with Crippen LogP contribution < -0.4 is 10.1 Å². The average molecular weight is 260 g/mol. The van der Waals surface area contributed by atoms with Gasteiger partial charge in [-0.25, -0.2) is 4.39 Å². The van der Waals surface area contributed by atoms with Crippen molar-refractivity contribution in [3.05, 3.63) is 59.2 Å². The monoisotopic (exact) mass is 260 g/mol. The number of aromatic nitrogens is 1. The van der Waals surface area contributed by atoms with Crippen molar-refractivity contribution in [1.82, 2.24) is 10.3 Å². The van der Waals surface area contributed by atoms with Crippen molar-refractivity contribution in [2.24, 2.45) is 0 Å². The molecular weight excluding hydrogens is 243 g/mol. The molecule has 3 nitrogen and oxygen atoms in total. The van der Waals surface area contributed by atoms with Crippen molar-refractivity contribution in [1.29, 1.82) is 0 Å². The van der Waals surface area contributed by atoms with Crippen LogP contribution in [0.4, 0.5) is 4.39 Å². The molecule has 1 aromatic heterocycles. The van der Waals surface area contributed by atoms with Crippen LogP contribution in [0.5, 0.6) is 5.75 Å². The number of nitrogens with one attached hydrogen (secondary N) is 1. The Hall–Kier alpha value is -1.94. The van der Waals surface area contributed by atoms with Crippen molar-refractivity contribution < 1.29 is 9.13 Å². The number of halogens is 1. The zero-order valence-electron chi connectivity index (χ0n) is 11.3. The number of nitrogens with zero attached hydrogens (tertiary/aromatic N) is 1. The Morgan fingerprint density at radius 2 is 2.05 bits per heavy atom. The summed E-state index contributed by atoms with van der Waals surface area (Å²) in [7, 11) is 3.33. The molecule has 0 aliphatic rings. The first-order valence-corrected chi connectivity index (χ1v) is 6.08. The van der Waals surface area contributed by atoms with Crippen LogP contribution in [0.25, 0.3) is 0 Å². The molecule has 0 bridgehead atoms. The normalized spacial score (nSPS) is 12.2. The Labute approximate surface area is 112 Å². The highest BCUT2D eigenvalue weighted by atomic mass is 19.1. The fraction of sp³-hybridized carbons (Fsp3) is 0.267. The fourth-order valence-corrected chi connectivity index (χ4v) is 2.13. The molecule has 1 aromatic carbocycles. The van der Waals surface area contributed by atoms with Gasteiger partial charge < -0.3 is 10.1 Å². The van der Waals surface area contributed by atoms with Crippen LogP contribution in [0.15, 0.2) is 36.7 Å². The van der Waals surface area contributed by atoms with Crippen LogP contribution in [-0.4, -0.2) is 19.1 Å². The van der Waals surface area contributed by atoms with Crippen LogP contribution >= 0.6 is 0 Å². The maximum absolute atomic E-state index is 14.2. The van der Waals surface area contributed by atoms with E-state index in [1.165, 1.54) is 13.2 Å². The van der Waals surface area contributed by atoms with E-state index in [-0.39, 0.29) is 11.9 Å². The molecule has 0 aliphatic heterocycles. The molecule has 1 heterocycles. The highest BCUT2D eigenvalue weighted by molar-refractivity contribution is 5.38. The van der Waals surface area contributed by atoms with E-state index in [0.717, 1.165) is 11.1 Å². The van der Waals surface area contributed by atoms with Gasteiger partial charge in [-0.15, -0.1) is 0 Å². The number of hydrogen-bond donors (Lipinski definition) is 1. The standard InChI is InChI=1S/C15H17FN2O/c1-10-6-7-18-9-13(10)15(17-2)12-5-4-11(19-3)8-14(12)16/h4-9,15,17H,1-3H3. The summed E-state index contributed by atoms with van der Waals surface area (Å²) in [6.45, 7) is 1.99. The molecule has 1 atom stereocenters. The van der Waals surface area contributed by atoms with Crippen molar-refractivity contribution in [2.75, 3.05) is 14.2 Å². The second kappa shape index (κ2) is 5.80. The highest BCUT2D eigenvalue weighted by Gasteiger charge is 2.18. The van der Waals surface area contributed by atoms with Gasteiger partial charge in [-0.2, -0.15) is 0 Å². The summed E-state index contributed by atoms with van der Waals surface area (Å²) in [5, 5.41) is 3.13. The minimum absolute atomic E-state index is 0.223. The molecule has 1 unspecified atom stereocenters. The number of aryl methyl sites for hydroxylation is 1. The number of hydrogen-bond acceptors (Lipinski definition) is 3. The van der Waals surface area contributed by atoms with Gasteiger partial charge in [0.2, 0.25) is 0 Å². The molecule has 19 heavy (non-hydrogen) atoms. The Bertz CT molecular complexity index is 572. The highest BCUT2D eigenvalue weighted by Crippen LogP contribution is 2.28. The van der Waals surface area contributed by atoms with Crippen molar-refractivity contribution in [3.8, 4) is 5.75 Å². The summed E-state index contributed by atoms with van der Waals surface area (Å²) in [4.78, 5) is 4.12. The summed E-state index contributed by atoms with van der Waals surface area (Å²) in [6, 6.07) is 6.59. The molecule has 100 valence electrons. The number of rotatable bonds is 4. The predicted molar refractivity (Wildman–Crippen MR) is 72.8 cm³/mol. The van der Waals surface area contributed by atoms with E-state index in [1.54, 1.807) is 31.6 Å². The SMILES string of the molecule is CNC(c1cnccc1C)c1ccc(OC)cc1F. The third kappa shape index (κ3) is 2.74. The number of methoxy groups -OCH3 is 1. The van der Waals surface area contributed by atoms with Crippen LogP contribution in [-0.2, 0) is 0 Å². The van der Waals surface area contributed by atoms with E-state index in [0.29, 0.717) is 11.3 Å². The Morgan fingerprint density at radius 3 is 2.63 bits per heavy atom. The summed E-state index contributed by atoms with van der Waals surface area (Å²) in [5.74, 6) is 0.223. The lowest BCUT2D eigenvalue weighted by molar-refractivity contribution is 0.410. The van der Waals surface area contributed by atoms with Crippen molar-refractivity contribution >= 4 is 0 Å². The smallest absolute Gasteiger partial charge is 0.132 e. The Balaban J connectivity index is 2.46. The molecule has 4 heteroatoms. The molecule has 0 saturated carbocycles. The van der Waals surface area contributed by atoms with E-state index in [4.69, 9.17) is 4.74 Å². The second-order valence-corrected chi connectivity index (χ2v) is 4.34. The van der Waals surface area contributed by atoms with Crippen LogP contribution in [0.3, 0.4) is 0 Å². The topological polar surface area (TPSA) is 34.2 Å². The molecule has 2 rings (SSSR count). The maximum Gasteiger partial charge on any atom is 0.132 e. The third-order valence-electron chi connectivity index (χ3n) is 3.20. The van der Waals surface area contributed by atoms with Crippen LogP contribution in [0.2, 0.25) is 0 Å². The molecule has 0 saturated heterocycles. The Kier molecular flexibility index (Phi) is 4.12. The molecule has 2 aromatic rings. The van der Waals surface area contributed by atoms with Crippen molar-refractivity contribution in [2.45, 2.75) is 13.0 Å². The molecule has 1 N–H and O–H groups in total. The third-order valence-corrected chi connectivity index (χ3v) is 3.20. The van der Waals surface area contributed by atoms with Gasteiger partial charge in [-0.05, 0) is 37.2 Å². The molecule has 0 aliphatic carbocycles. The zero-order chi connectivity index (χ0) is 13.8. The molecular formula is C15H17FN2O. The first-order valence-electron chi connectivity index (χ1n) is 6.08. The van der Waals surface area contributed by atoms with E-state index in [9.17, 15) is 4.39 Å². The van der Waals surface area contributed by atoms with Crippen LogP contribution in [0, 0.1) is 12.7 Å². The summed E-state index contributed by atoms with van der Waals surface area (Å²) in [5.41, 5.74) is 2.62. The summed E-state index contributed by atoms with van der Waals surface area (Å²) >= 11 is 0. The predicted octanol–water partition coefficient (Wildman–Crippen LogP) is 2.85. The van der Waals surface area contributed by atoms with Gasteiger partial charge in [0.25, 0.3) is 0 Å². The van der Waals surface area contributed by atoms with Gasteiger partial charge in [0.15, 0.2) is 0 Å². The molecule has 0 fully saturated rings. The quantitative estimate of drug-likeness (QED) is 0.918. The number of pyridine rings is 1. The van der Waals surface area contributed by atoms with E-state index >= 15 is 0 Å². The molecule has 0 spiro atoms. The second-order valence-electron chi connectivity index (χ2n) is 4.34. The lowest BCUT2D eigenvalue weighted by Gasteiger charge is -2.19. The zero-order valence-corrected chi connectivity index (χ0v) is 11.3. The van der Waals surface area contributed by atoms with Gasteiger partial charge in [-0.1, -0.05) is 6.07 Å². The lowest BCUT2D eigenvalue weighted by atomic mass is 9.96. The maximum atomic E-state index is 14.2. The number of ether oxygens (including phenoxy) is 1.